The Morgan fingerprint density at radius 1 is 1.11 bits per heavy atom. The first-order valence-corrected chi connectivity index (χ1v) is 19.0. The van der Waals surface area contributed by atoms with E-state index in [1.807, 2.05) is 19.2 Å². The van der Waals surface area contributed by atoms with Crippen LogP contribution < -0.4 is 10.1 Å². The third-order valence-corrected chi connectivity index (χ3v) is 13.3. The number of hydrogen-bond acceptors (Lipinski definition) is 7. The molecule has 0 saturated carbocycles. The maximum atomic E-state index is 12.9. The van der Waals surface area contributed by atoms with Crippen molar-refractivity contribution in [3.05, 3.63) is 74.2 Å². The van der Waals surface area contributed by atoms with Gasteiger partial charge in [0.25, 0.3) is 5.91 Å². The van der Waals surface area contributed by atoms with Crippen LogP contribution in [0, 0.1) is 5.92 Å². The molecule has 4 nitrogen and oxygen atoms in total. The van der Waals surface area contributed by atoms with Crippen molar-refractivity contribution in [1.29, 1.82) is 0 Å². The van der Waals surface area contributed by atoms with Crippen molar-refractivity contribution in [2.75, 3.05) is 19.9 Å². The smallest absolute Gasteiger partial charge is 0.257 e. The number of unbranched alkanes of at least 4 members (excludes halogenated alkanes) is 1. The van der Waals surface area contributed by atoms with E-state index in [2.05, 4.69) is 76.0 Å². The minimum atomic E-state index is -0.175. The second-order valence-corrected chi connectivity index (χ2v) is 15.6. The molecule has 0 aliphatic carbocycles. The van der Waals surface area contributed by atoms with Gasteiger partial charge in [-0.25, -0.2) is 0 Å². The Morgan fingerprint density at radius 2 is 1.84 bits per heavy atom. The van der Waals surface area contributed by atoms with Crippen LogP contribution >= 0.6 is 46.2 Å². The van der Waals surface area contributed by atoms with Crippen molar-refractivity contribution < 1.29 is 14.6 Å². The van der Waals surface area contributed by atoms with Crippen LogP contribution in [0.2, 0.25) is 0 Å². The van der Waals surface area contributed by atoms with Crippen LogP contribution in [0.5, 0.6) is 11.5 Å². The number of carbonyl (C=O) groups is 1. The molecule has 0 aliphatic rings. The van der Waals surface area contributed by atoms with Crippen molar-refractivity contribution in [3.63, 3.8) is 0 Å². The lowest BCUT2D eigenvalue weighted by atomic mass is 9.78. The SMILES string of the molecule is C=C(S/C(C)=C(/SC)c1cc2c(OC)c3sc(C(C)(CC)c4ccccc4)cc3c(O)c2s1)C(=O)NCC(CC)CCCC. The molecule has 0 bridgehead atoms. The Hall–Kier alpha value is -2.39. The second-order valence-electron chi connectivity index (χ2n) is 11.4. The molecule has 4 aromatic rings. The lowest BCUT2D eigenvalue weighted by Gasteiger charge is -2.27. The fourth-order valence-corrected chi connectivity index (χ4v) is 10.2. The third-order valence-electron chi connectivity index (χ3n) is 8.62. The monoisotopic (exact) mass is 667 g/mol. The second kappa shape index (κ2) is 15.3. The normalized spacial score (nSPS) is 14.3. The van der Waals surface area contributed by atoms with Gasteiger partial charge in [-0.3, -0.25) is 4.79 Å². The first-order valence-electron chi connectivity index (χ1n) is 15.3. The number of amides is 1. The van der Waals surface area contributed by atoms with E-state index in [0.29, 0.717) is 23.1 Å². The summed E-state index contributed by atoms with van der Waals surface area (Å²) in [4.78, 5) is 17.7. The molecule has 44 heavy (non-hydrogen) atoms. The number of thioether (sulfide) groups is 2. The standard InChI is InChI=1S/C36H45NO3S4/c1-9-12-16-24(10-2)21-37-35(39)23(5)42-22(4)32(41-8)28-19-27-31(40-7)34-26(30(38)33(27)43-28)20-29(44-34)36(6,11-3)25-17-14-13-15-18-25/h13-15,17-20,24,38H,5,9-12,16,21H2,1-4,6-8H3,(H,37,39)/b32-22+. The first-order chi connectivity index (χ1) is 21.1. The average Bonchev–Trinajstić information content (AvgIpc) is 3.68. The van der Waals surface area contributed by atoms with Gasteiger partial charge in [0.05, 0.1) is 21.4 Å². The molecular formula is C36H45NO3S4. The van der Waals surface area contributed by atoms with Gasteiger partial charge in [0, 0.05) is 42.3 Å². The number of thiophene rings is 2. The molecule has 2 atom stereocenters. The Labute approximate surface area is 279 Å². The fourth-order valence-electron chi connectivity index (χ4n) is 5.60. The molecule has 0 fully saturated rings. The molecule has 2 N–H and O–H groups in total. The Kier molecular flexibility index (Phi) is 12.0. The van der Waals surface area contributed by atoms with E-state index in [4.69, 9.17) is 4.74 Å². The summed E-state index contributed by atoms with van der Waals surface area (Å²) >= 11 is 6.31. The van der Waals surface area contributed by atoms with E-state index in [1.54, 1.807) is 41.5 Å². The van der Waals surface area contributed by atoms with Crippen molar-refractivity contribution in [3.8, 4) is 11.5 Å². The molecule has 4 rings (SSSR count). The summed E-state index contributed by atoms with van der Waals surface area (Å²) in [6.45, 7) is 15.7. The van der Waals surface area contributed by atoms with Crippen molar-refractivity contribution in [2.45, 2.75) is 72.1 Å². The summed E-state index contributed by atoms with van der Waals surface area (Å²) in [6, 6.07) is 14.8. The first kappa shape index (κ1) is 34.5. The largest absolute Gasteiger partial charge is 0.506 e. The van der Waals surface area contributed by atoms with Crippen LogP contribution in [0.3, 0.4) is 0 Å². The molecule has 1 amide bonds. The van der Waals surface area contributed by atoms with Gasteiger partial charge in [0.1, 0.15) is 11.5 Å². The molecule has 2 aromatic heterocycles. The van der Waals surface area contributed by atoms with E-state index in [0.717, 1.165) is 59.9 Å². The van der Waals surface area contributed by atoms with Gasteiger partial charge in [-0.1, -0.05) is 95.6 Å². The Morgan fingerprint density at radius 3 is 2.45 bits per heavy atom. The summed E-state index contributed by atoms with van der Waals surface area (Å²) < 4.78 is 7.81. The predicted molar refractivity (Wildman–Crippen MR) is 198 cm³/mol. The van der Waals surface area contributed by atoms with Crippen molar-refractivity contribution in [1.82, 2.24) is 5.32 Å². The molecule has 0 radical (unpaired) electrons. The average molecular weight is 668 g/mol. The summed E-state index contributed by atoms with van der Waals surface area (Å²) in [7, 11) is 1.71. The number of allylic oxidation sites excluding steroid dienone is 1. The van der Waals surface area contributed by atoms with Crippen LogP contribution in [-0.2, 0) is 10.2 Å². The van der Waals surface area contributed by atoms with Crippen LogP contribution in [0.25, 0.3) is 25.1 Å². The van der Waals surface area contributed by atoms with Gasteiger partial charge < -0.3 is 15.2 Å². The summed E-state index contributed by atoms with van der Waals surface area (Å²) in [5.41, 5.74) is 1.09. The molecule has 0 aliphatic heterocycles. The number of methoxy groups -OCH3 is 1. The number of fused-ring (bicyclic) bond motifs is 2. The van der Waals surface area contributed by atoms with Gasteiger partial charge in [0.15, 0.2) is 0 Å². The molecule has 8 heteroatoms. The Bertz CT molecular complexity index is 1650. The van der Waals surface area contributed by atoms with Crippen LogP contribution in [-0.4, -0.2) is 30.9 Å². The van der Waals surface area contributed by atoms with Crippen LogP contribution in [0.15, 0.2) is 58.9 Å². The zero-order valence-corrected chi connectivity index (χ0v) is 30.2. The number of phenols is 1. The van der Waals surface area contributed by atoms with Crippen LogP contribution in [0.4, 0.5) is 0 Å². The zero-order chi connectivity index (χ0) is 32.0. The maximum absolute atomic E-state index is 12.9. The van der Waals surface area contributed by atoms with E-state index >= 15 is 0 Å². The van der Waals surface area contributed by atoms with Gasteiger partial charge in [0.2, 0.25) is 0 Å². The third kappa shape index (κ3) is 7.04. The number of nitrogens with one attached hydrogen (secondary N) is 1. The van der Waals surface area contributed by atoms with Gasteiger partial charge in [-0.05, 0) is 49.6 Å². The summed E-state index contributed by atoms with van der Waals surface area (Å²) in [5.74, 6) is 1.48. The highest BCUT2D eigenvalue weighted by Crippen LogP contribution is 2.53. The molecule has 0 saturated heterocycles. The number of hydrogen-bond donors (Lipinski definition) is 2. The van der Waals surface area contributed by atoms with Gasteiger partial charge in [-0.2, -0.15) is 0 Å². The molecule has 0 spiro atoms. The zero-order valence-electron chi connectivity index (χ0n) is 27.0. The lowest BCUT2D eigenvalue weighted by Crippen LogP contribution is -2.29. The number of rotatable bonds is 15. The molecule has 2 aromatic carbocycles. The van der Waals surface area contributed by atoms with E-state index < -0.39 is 0 Å². The molecule has 2 unspecified atom stereocenters. The summed E-state index contributed by atoms with van der Waals surface area (Å²) in [5, 5.41) is 16.5. The quantitative estimate of drug-likeness (QED) is 0.124. The van der Waals surface area contributed by atoms with E-state index in [-0.39, 0.29) is 11.3 Å². The maximum Gasteiger partial charge on any atom is 0.257 e. The van der Waals surface area contributed by atoms with E-state index in [1.165, 1.54) is 35.0 Å². The number of phenolic OH excluding ortho intramolecular Hbond substituents is 1. The molecule has 2 heterocycles. The highest BCUT2D eigenvalue weighted by atomic mass is 32.2. The lowest BCUT2D eigenvalue weighted by molar-refractivity contribution is -0.117. The summed E-state index contributed by atoms with van der Waals surface area (Å²) in [6.07, 6.45) is 7.52. The number of ether oxygens (including phenoxy) is 1. The predicted octanol–water partition coefficient (Wildman–Crippen LogP) is 11.2. The van der Waals surface area contributed by atoms with Gasteiger partial charge in [-0.15, -0.1) is 34.4 Å². The van der Waals surface area contributed by atoms with Crippen LogP contribution in [0.1, 0.15) is 82.0 Å². The minimum absolute atomic E-state index is 0.106. The fraction of sp³-hybridized carbons (Fsp3) is 0.417. The highest BCUT2D eigenvalue weighted by Gasteiger charge is 2.31. The Balaban J connectivity index is 1.66. The number of benzene rings is 2. The minimum Gasteiger partial charge on any atom is -0.506 e. The van der Waals surface area contributed by atoms with Crippen molar-refractivity contribution in [2.24, 2.45) is 5.92 Å². The van der Waals surface area contributed by atoms with Gasteiger partial charge >= 0.3 is 0 Å². The molecule has 236 valence electrons. The highest BCUT2D eigenvalue weighted by molar-refractivity contribution is 8.12. The van der Waals surface area contributed by atoms with E-state index in [9.17, 15) is 9.90 Å². The topological polar surface area (TPSA) is 58.6 Å². The molecular weight excluding hydrogens is 623 g/mol. The number of carbonyl (C=O) groups excluding carboxylic acids is 1. The van der Waals surface area contributed by atoms with Crippen molar-refractivity contribution >= 4 is 77.2 Å². The number of aromatic hydroxyl groups is 1.